The van der Waals surface area contributed by atoms with Gasteiger partial charge in [-0.2, -0.15) is 0 Å². The predicted octanol–water partition coefficient (Wildman–Crippen LogP) is 1.94. The van der Waals surface area contributed by atoms with E-state index in [1.807, 2.05) is 25.1 Å². The monoisotopic (exact) mass is 376 g/mol. The topological polar surface area (TPSA) is 84.9 Å². The van der Waals surface area contributed by atoms with E-state index in [2.05, 4.69) is 5.32 Å². The van der Waals surface area contributed by atoms with Crippen molar-refractivity contribution in [3.63, 3.8) is 0 Å². The molecule has 0 spiro atoms. The normalized spacial score (nSPS) is 14.5. The van der Waals surface area contributed by atoms with Gasteiger partial charge in [0.2, 0.25) is 5.91 Å². The summed E-state index contributed by atoms with van der Waals surface area (Å²) in [6.45, 7) is 5.01. The largest absolute Gasteiger partial charge is 0.490 e. The Morgan fingerprint density at radius 3 is 2.30 bits per heavy atom. The minimum atomic E-state index is -0.106. The van der Waals surface area contributed by atoms with E-state index in [9.17, 15) is 14.4 Å². The van der Waals surface area contributed by atoms with Crippen molar-refractivity contribution in [2.24, 2.45) is 0 Å². The summed E-state index contributed by atoms with van der Waals surface area (Å²) in [6, 6.07) is 7.33. The molecule has 2 amide bonds. The molecule has 1 aromatic rings. The number of nitrogens with one attached hydrogen (secondary N) is 1. The van der Waals surface area contributed by atoms with Gasteiger partial charge in [0.15, 0.2) is 18.1 Å². The van der Waals surface area contributed by atoms with Gasteiger partial charge in [-0.1, -0.05) is 12.1 Å². The van der Waals surface area contributed by atoms with E-state index in [1.54, 1.807) is 11.0 Å². The van der Waals surface area contributed by atoms with Gasteiger partial charge in [-0.3, -0.25) is 9.59 Å². The molecule has 1 aromatic carbocycles. The Labute approximate surface area is 160 Å². The van der Waals surface area contributed by atoms with Gasteiger partial charge in [-0.05, 0) is 38.8 Å². The van der Waals surface area contributed by atoms with Gasteiger partial charge in [0.25, 0.3) is 5.91 Å². The minimum Gasteiger partial charge on any atom is -0.490 e. The Bertz CT molecular complexity index is 654. The quantitative estimate of drug-likeness (QED) is 0.712. The summed E-state index contributed by atoms with van der Waals surface area (Å²) in [7, 11) is 0. The first-order chi connectivity index (χ1) is 13.0. The number of ketones is 1. The minimum absolute atomic E-state index is 0.0106. The molecular formula is C20H28N2O5. The number of carbonyl (C=O) groups is 3. The fourth-order valence-corrected chi connectivity index (χ4v) is 2.94. The Morgan fingerprint density at radius 1 is 1.07 bits per heavy atom. The number of hydrogen-bond donors (Lipinski definition) is 1. The zero-order chi connectivity index (χ0) is 19.6. The molecule has 1 N–H and O–H groups in total. The number of Topliss-reactive ketones (excluding diaryl/α,β-unsaturated/α-hetero) is 1. The van der Waals surface area contributed by atoms with Crippen LogP contribution in [0.1, 0.15) is 39.5 Å². The lowest BCUT2D eigenvalue weighted by Crippen LogP contribution is -2.47. The molecule has 0 atom stereocenters. The number of para-hydroxylation sites is 2. The van der Waals surface area contributed by atoms with Crippen LogP contribution in [0.2, 0.25) is 0 Å². The number of rotatable bonds is 9. The Kier molecular flexibility index (Phi) is 8.10. The van der Waals surface area contributed by atoms with E-state index in [-0.39, 0.29) is 43.1 Å². The van der Waals surface area contributed by atoms with E-state index in [0.717, 1.165) is 0 Å². The average molecular weight is 376 g/mol. The highest BCUT2D eigenvalue weighted by atomic mass is 16.5. The molecule has 0 aromatic heterocycles. The van der Waals surface area contributed by atoms with E-state index < -0.39 is 0 Å². The number of likely N-dealkylation sites (tertiary alicyclic amines) is 1. The zero-order valence-corrected chi connectivity index (χ0v) is 16.0. The number of benzene rings is 1. The van der Waals surface area contributed by atoms with E-state index in [4.69, 9.17) is 9.47 Å². The first-order valence-electron chi connectivity index (χ1n) is 9.40. The third-order valence-corrected chi connectivity index (χ3v) is 4.42. The maximum absolute atomic E-state index is 12.4. The lowest BCUT2D eigenvalue weighted by Gasteiger charge is -2.32. The lowest BCUT2D eigenvalue weighted by molar-refractivity contribution is -0.134. The number of amides is 2. The van der Waals surface area contributed by atoms with Crippen molar-refractivity contribution in [2.45, 2.75) is 45.6 Å². The maximum atomic E-state index is 12.4. The zero-order valence-electron chi connectivity index (χ0n) is 16.0. The summed E-state index contributed by atoms with van der Waals surface area (Å²) in [6.07, 6.45) is 1.89. The third kappa shape index (κ3) is 6.92. The summed E-state index contributed by atoms with van der Waals surface area (Å²) in [5.74, 6) is 1.00. The van der Waals surface area contributed by atoms with Crippen LogP contribution in [0.5, 0.6) is 11.5 Å². The molecule has 0 unspecified atom stereocenters. The van der Waals surface area contributed by atoms with Crippen molar-refractivity contribution >= 4 is 17.6 Å². The molecule has 7 heteroatoms. The molecule has 0 aliphatic carbocycles. The SMILES string of the molecule is CCOc1ccccc1OCC(=O)N1CCC(NC(=O)CCC(C)=O)CC1. The molecule has 1 aliphatic rings. The number of nitrogens with zero attached hydrogens (tertiary/aromatic N) is 1. The molecule has 0 radical (unpaired) electrons. The standard InChI is InChI=1S/C20H28N2O5/c1-3-26-17-6-4-5-7-18(17)27-14-20(25)22-12-10-16(11-13-22)21-19(24)9-8-15(2)23/h4-7,16H,3,8-14H2,1-2H3,(H,21,24). The van der Waals surface area contributed by atoms with Gasteiger partial charge in [0.1, 0.15) is 5.78 Å². The molecule has 2 rings (SSSR count). The summed E-state index contributed by atoms with van der Waals surface area (Å²) < 4.78 is 11.1. The summed E-state index contributed by atoms with van der Waals surface area (Å²) >= 11 is 0. The van der Waals surface area contributed by atoms with Gasteiger partial charge in [0, 0.05) is 32.0 Å². The van der Waals surface area contributed by atoms with E-state index in [0.29, 0.717) is 44.0 Å². The molecule has 1 saturated heterocycles. The molecule has 1 fully saturated rings. The number of ether oxygens (including phenoxy) is 2. The summed E-state index contributed by atoms with van der Waals surface area (Å²) in [5, 5.41) is 2.94. The number of hydrogen-bond acceptors (Lipinski definition) is 5. The Hall–Kier alpha value is -2.57. The first-order valence-corrected chi connectivity index (χ1v) is 9.40. The fourth-order valence-electron chi connectivity index (χ4n) is 2.94. The molecule has 0 saturated carbocycles. The van der Waals surface area contributed by atoms with Crippen molar-refractivity contribution < 1.29 is 23.9 Å². The average Bonchev–Trinajstić information content (AvgIpc) is 2.66. The van der Waals surface area contributed by atoms with Crippen molar-refractivity contribution in [3.05, 3.63) is 24.3 Å². The highest BCUT2D eigenvalue weighted by Crippen LogP contribution is 2.26. The summed E-state index contributed by atoms with van der Waals surface area (Å²) in [4.78, 5) is 36.9. The number of piperidine rings is 1. The molecule has 7 nitrogen and oxygen atoms in total. The lowest BCUT2D eigenvalue weighted by atomic mass is 10.0. The van der Waals surface area contributed by atoms with Gasteiger partial charge >= 0.3 is 0 Å². The van der Waals surface area contributed by atoms with Crippen molar-refractivity contribution in [1.82, 2.24) is 10.2 Å². The van der Waals surface area contributed by atoms with Crippen molar-refractivity contribution in [1.29, 1.82) is 0 Å². The first kappa shape index (κ1) is 20.7. The molecule has 1 heterocycles. The second-order valence-corrected chi connectivity index (χ2v) is 6.59. The molecule has 0 bridgehead atoms. The fraction of sp³-hybridized carbons (Fsp3) is 0.550. The number of carbonyl (C=O) groups excluding carboxylic acids is 3. The molecule has 148 valence electrons. The van der Waals surface area contributed by atoms with Crippen LogP contribution in [-0.2, 0) is 14.4 Å². The van der Waals surface area contributed by atoms with Crippen LogP contribution in [-0.4, -0.2) is 54.8 Å². The van der Waals surface area contributed by atoms with Crippen LogP contribution in [0, 0.1) is 0 Å². The van der Waals surface area contributed by atoms with Crippen molar-refractivity contribution in [2.75, 3.05) is 26.3 Å². The highest BCUT2D eigenvalue weighted by Gasteiger charge is 2.24. The molecule has 27 heavy (non-hydrogen) atoms. The van der Waals surface area contributed by atoms with E-state index >= 15 is 0 Å². The summed E-state index contributed by atoms with van der Waals surface area (Å²) in [5.41, 5.74) is 0. The van der Waals surface area contributed by atoms with Crippen molar-refractivity contribution in [3.8, 4) is 11.5 Å². The Balaban J connectivity index is 1.73. The molecule has 1 aliphatic heterocycles. The van der Waals surface area contributed by atoms with Crippen LogP contribution in [0.4, 0.5) is 0 Å². The van der Waals surface area contributed by atoms with Crippen LogP contribution < -0.4 is 14.8 Å². The van der Waals surface area contributed by atoms with Crippen LogP contribution in [0.3, 0.4) is 0 Å². The smallest absolute Gasteiger partial charge is 0.260 e. The van der Waals surface area contributed by atoms with Gasteiger partial charge in [0.05, 0.1) is 6.61 Å². The molecular weight excluding hydrogens is 348 g/mol. The van der Waals surface area contributed by atoms with Crippen LogP contribution in [0.25, 0.3) is 0 Å². The second kappa shape index (κ2) is 10.5. The van der Waals surface area contributed by atoms with Gasteiger partial charge < -0.3 is 24.5 Å². The van der Waals surface area contributed by atoms with Crippen LogP contribution >= 0.6 is 0 Å². The highest BCUT2D eigenvalue weighted by molar-refractivity contribution is 5.83. The van der Waals surface area contributed by atoms with E-state index in [1.165, 1.54) is 6.92 Å². The second-order valence-electron chi connectivity index (χ2n) is 6.59. The third-order valence-electron chi connectivity index (χ3n) is 4.42. The Morgan fingerprint density at radius 2 is 1.70 bits per heavy atom. The van der Waals surface area contributed by atoms with Gasteiger partial charge in [-0.25, -0.2) is 0 Å². The van der Waals surface area contributed by atoms with Crippen LogP contribution in [0.15, 0.2) is 24.3 Å². The predicted molar refractivity (Wildman–Crippen MR) is 101 cm³/mol. The maximum Gasteiger partial charge on any atom is 0.260 e. The van der Waals surface area contributed by atoms with Gasteiger partial charge in [-0.15, -0.1) is 0 Å².